The molecular weight excluding hydrogens is 262 g/mol. The van der Waals surface area contributed by atoms with Gasteiger partial charge in [0.15, 0.2) is 0 Å². The number of piperazine rings is 1. The molecule has 0 atom stereocenters. The van der Waals surface area contributed by atoms with Crippen LogP contribution in [0.15, 0.2) is 24.4 Å². The minimum Gasteiger partial charge on any atom is -0.361 e. The highest BCUT2D eigenvalue weighted by Gasteiger charge is 2.17. The van der Waals surface area contributed by atoms with Gasteiger partial charge in [-0.05, 0) is 17.7 Å². The maximum atomic E-state index is 12.2. The average molecular weight is 278 g/mol. The van der Waals surface area contributed by atoms with Crippen LogP contribution in [0.3, 0.4) is 0 Å². The molecule has 1 aromatic heterocycles. The third-order valence-corrected chi connectivity index (χ3v) is 3.78. The Morgan fingerprint density at radius 2 is 2.11 bits per heavy atom. The zero-order valence-electron chi connectivity index (χ0n) is 10.6. The summed E-state index contributed by atoms with van der Waals surface area (Å²) in [6.07, 6.45) is 2.35. The van der Waals surface area contributed by atoms with Crippen LogP contribution in [-0.4, -0.2) is 42.0 Å². The molecule has 1 fully saturated rings. The highest BCUT2D eigenvalue weighted by atomic mass is 35.5. The van der Waals surface area contributed by atoms with Gasteiger partial charge in [0.1, 0.15) is 0 Å². The van der Waals surface area contributed by atoms with Gasteiger partial charge >= 0.3 is 0 Å². The fourth-order valence-electron chi connectivity index (χ4n) is 2.49. The first kappa shape index (κ1) is 12.5. The van der Waals surface area contributed by atoms with E-state index in [2.05, 4.69) is 10.3 Å². The second-order valence-corrected chi connectivity index (χ2v) is 5.25. The van der Waals surface area contributed by atoms with Crippen molar-refractivity contribution < 1.29 is 4.79 Å². The summed E-state index contributed by atoms with van der Waals surface area (Å²) in [5, 5.41) is 5.03. The monoisotopic (exact) mass is 277 g/mol. The lowest BCUT2D eigenvalue weighted by atomic mass is 10.1. The minimum absolute atomic E-state index is 0.192. The molecule has 2 aromatic rings. The van der Waals surface area contributed by atoms with Crippen LogP contribution in [-0.2, 0) is 11.2 Å². The maximum absolute atomic E-state index is 12.2. The van der Waals surface area contributed by atoms with Crippen LogP contribution >= 0.6 is 11.6 Å². The SMILES string of the molecule is O=C(Cc1c[nH]c2cc(Cl)ccc12)N1CCNCC1. The van der Waals surface area contributed by atoms with Crippen molar-refractivity contribution in [1.82, 2.24) is 15.2 Å². The van der Waals surface area contributed by atoms with E-state index in [9.17, 15) is 4.79 Å². The van der Waals surface area contributed by atoms with Crippen LogP contribution < -0.4 is 5.32 Å². The predicted molar refractivity (Wildman–Crippen MR) is 76.5 cm³/mol. The summed E-state index contributed by atoms with van der Waals surface area (Å²) in [4.78, 5) is 17.3. The normalized spacial score (nSPS) is 15.9. The fraction of sp³-hybridized carbons (Fsp3) is 0.357. The molecule has 1 aliphatic rings. The van der Waals surface area contributed by atoms with Gasteiger partial charge in [-0.15, -0.1) is 0 Å². The number of nitrogens with one attached hydrogen (secondary N) is 2. The number of hydrogen-bond donors (Lipinski definition) is 2. The van der Waals surface area contributed by atoms with E-state index in [1.807, 2.05) is 29.3 Å². The average Bonchev–Trinajstić information content (AvgIpc) is 2.82. The Labute approximate surface area is 116 Å². The summed E-state index contributed by atoms with van der Waals surface area (Å²) in [7, 11) is 0. The molecule has 19 heavy (non-hydrogen) atoms. The summed E-state index contributed by atoms with van der Waals surface area (Å²) in [6, 6.07) is 5.71. The molecular formula is C14H16ClN3O. The molecule has 1 saturated heterocycles. The van der Waals surface area contributed by atoms with Crippen molar-refractivity contribution in [3.05, 3.63) is 35.0 Å². The van der Waals surface area contributed by atoms with Crippen molar-refractivity contribution >= 4 is 28.4 Å². The lowest BCUT2D eigenvalue weighted by Crippen LogP contribution is -2.46. The molecule has 100 valence electrons. The molecule has 2 N–H and O–H groups in total. The van der Waals surface area contributed by atoms with Gasteiger partial charge in [0.2, 0.25) is 5.91 Å². The number of carbonyl (C=O) groups excluding carboxylic acids is 1. The lowest BCUT2D eigenvalue weighted by molar-refractivity contribution is -0.131. The van der Waals surface area contributed by atoms with Crippen molar-refractivity contribution in [2.45, 2.75) is 6.42 Å². The topological polar surface area (TPSA) is 48.1 Å². The number of aromatic nitrogens is 1. The van der Waals surface area contributed by atoms with Crippen molar-refractivity contribution in [3.8, 4) is 0 Å². The Morgan fingerprint density at radius 3 is 2.89 bits per heavy atom. The predicted octanol–water partition coefficient (Wildman–Crippen LogP) is 1.80. The zero-order valence-corrected chi connectivity index (χ0v) is 11.3. The molecule has 0 aliphatic carbocycles. The number of carbonyl (C=O) groups is 1. The molecule has 0 radical (unpaired) electrons. The molecule has 1 aromatic carbocycles. The molecule has 0 unspecified atom stereocenters. The molecule has 1 amide bonds. The highest BCUT2D eigenvalue weighted by molar-refractivity contribution is 6.31. The van der Waals surface area contributed by atoms with Crippen LogP contribution in [0, 0.1) is 0 Å². The van der Waals surface area contributed by atoms with Gasteiger partial charge in [0.25, 0.3) is 0 Å². The quantitative estimate of drug-likeness (QED) is 0.879. The molecule has 1 aliphatic heterocycles. The number of rotatable bonds is 2. The van der Waals surface area contributed by atoms with E-state index in [1.165, 1.54) is 0 Å². The van der Waals surface area contributed by atoms with Gasteiger partial charge in [-0.25, -0.2) is 0 Å². The van der Waals surface area contributed by atoms with Crippen molar-refractivity contribution in [3.63, 3.8) is 0 Å². The number of amides is 1. The molecule has 0 spiro atoms. The fourth-order valence-corrected chi connectivity index (χ4v) is 2.67. The van der Waals surface area contributed by atoms with Gasteiger partial charge < -0.3 is 15.2 Å². The standard InChI is InChI=1S/C14H16ClN3O/c15-11-1-2-12-10(9-17-13(12)8-11)7-14(19)18-5-3-16-4-6-18/h1-2,8-9,16-17H,3-7H2. The van der Waals surface area contributed by atoms with Gasteiger partial charge in [-0.1, -0.05) is 17.7 Å². The van der Waals surface area contributed by atoms with E-state index in [0.717, 1.165) is 42.6 Å². The van der Waals surface area contributed by atoms with E-state index in [0.29, 0.717) is 11.4 Å². The van der Waals surface area contributed by atoms with Crippen molar-refractivity contribution in [2.75, 3.05) is 26.2 Å². The smallest absolute Gasteiger partial charge is 0.227 e. The first-order valence-corrected chi connectivity index (χ1v) is 6.86. The Balaban J connectivity index is 1.79. The number of nitrogens with zero attached hydrogens (tertiary/aromatic N) is 1. The Kier molecular flexibility index (Phi) is 3.44. The molecule has 0 saturated carbocycles. The van der Waals surface area contributed by atoms with Gasteiger partial charge in [-0.3, -0.25) is 4.79 Å². The summed E-state index contributed by atoms with van der Waals surface area (Å²) in [6.45, 7) is 3.37. The van der Waals surface area contributed by atoms with E-state index in [1.54, 1.807) is 0 Å². The number of H-pyrrole nitrogens is 1. The largest absolute Gasteiger partial charge is 0.361 e. The second-order valence-electron chi connectivity index (χ2n) is 4.81. The Morgan fingerprint density at radius 1 is 1.32 bits per heavy atom. The second kappa shape index (κ2) is 5.23. The van der Waals surface area contributed by atoms with Gasteiger partial charge in [-0.2, -0.15) is 0 Å². The maximum Gasteiger partial charge on any atom is 0.227 e. The first-order valence-electron chi connectivity index (χ1n) is 6.48. The van der Waals surface area contributed by atoms with E-state index < -0.39 is 0 Å². The van der Waals surface area contributed by atoms with Gasteiger partial charge in [0, 0.05) is 48.3 Å². The lowest BCUT2D eigenvalue weighted by Gasteiger charge is -2.27. The third-order valence-electron chi connectivity index (χ3n) is 3.54. The number of hydrogen-bond acceptors (Lipinski definition) is 2. The van der Waals surface area contributed by atoms with Crippen molar-refractivity contribution in [1.29, 1.82) is 0 Å². The first-order chi connectivity index (χ1) is 9.24. The van der Waals surface area contributed by atoms with Crippen LogP contribution in [0.2, 0.25) is 5.02 Å². The molecule has 5 heteroatoms. The number of halogens is 1. The molecule has 0 bridgehead atoms. The van der Waals surface area contributed by atoms with E-state index >= 15 is 0 Å². The minimum atomic E-state index is 0.192. The van der Waals surface area contributed by atoms with Gasteiger partial charge in [0.05, 0.1) is 6.42 Å². The summed E-state index contributed by atoms with van der Waals surface area (Å²) >= 11 is 5.95. The number of fused-ring (bicyclic) bond motifs is 1. The zero-order chi connectivity index (χ0) is 13.2. The highest BCUT2D eigenvalue weighted by Crippen LogP contribution is 2.22. The third kappa shape index (κ3) is 2.60. The van der Waals surface area contributed by atoms with Crippen LogP contribution in [0.25, 0.3) is 10.9 Å². The Hall–Kier alpha value is -1.52. The van der Waals surface area contributed by atoms with Crippen LogP contribution in [0.4, 0.5) is 0 Å². The Bertz CT molecular complexity index is 602. The number of aromatic amines is 1. The van der Waals surface area contributed by atoms with E-state index in [4.69, 9.17) is 11.6 Å². The summed E-state index contributed by atoms with van der Waals surface area (Å²) in [5.74, 6) is 0.192. The molecule has 2 heterocycles. The molecule has 4 nitrogen and oxygen atoms in total. The van der Waals surface area contributed by atoms with E-state index in [-0.39, 0.29) is 5.91 Å². The molecule has 3 rings (SSSR count). The van der Waals surface area contributed by atoms with Crippen LogP contribution in [0.5, 0.6) is 0 Å². The van der Waals surface area contributed by atoms with Crippen molar-refractivity contribution in [2.24, 2.45) is 0 Å². The summed E-state index contributed by atoms with van der Waals surface area (Å²) < 4.78 is 0. The number of benzene rings is 1. The van der Waals surface area contributed by atoms with Crippen LogP contribution in [0.1, 0.15) is 5.56 Å². The summed E-state index contributed by atoms with van der Waals surface area (Å²) in [5.41, 5.74) is 2.02.